The maximum absolute atomic E-state index is 13.4. The van der Waals surface area contributed by atoms with Crippen LogP contribution in [0.25, 0.3) is 0 Å². The number of aryl methyl sites for hydroxylation is 2. The quantitative estimate of drug-likeness (QED) is 0.744. The van der Waals surface area contributed by atoms with Gasteiger partial charge in [-0.2, -0.15) is 49.3 Å². The summed E-state index contributed by atoms with van der Waals surface area (Å²) in [5.41, 5.74) is -0.541. The van der Waals surface area contributed by atoms with Gasteiger partial charge in [0, 0.05) is 5.69 Å². The maximum atomic E-state index is 13.4. The topological polar surface area (TPSA) is 34.9 Å². The molecule has 0 fully saturated rings. The minimum Gasteiger partial charge on any atom is -0.265 e. The zero-order valence-corrected chi connectivity index (χ0v) is 12.0. The summed E-state index contributed by atoms with van der Waals surface area (Å²) in [5, 5.41) is 3.06. The zero-order chi connectivity index (χ0) is 17.7. The fourth-order valence-electron chi connectivity index (χ4n) is 1.48. The van der Waals surface area contributed by atoms with Gasteiger partial charge in [-0.3, -0.25) is 4.79 Å². The number of hydrogen-bond donors (Lipinski definition) is 0. The number of carbonyl (C=O) groups is 1. The van der Waals surface area contributed by atoms with Gasteiger partial charge in [-0.25, -0.2) is 0 Å². The van der Waals surface area contributed by atoms with Crippen LogP contribution in [0.1, 0.15) is 16.2 Å². The van der Waals surface area contributed by atoms with Crippen LogP contribution in [0.3, 0.4) is 0 Å². The van der Waals surface area contributed by atoms with E-state index in [1.165, 1.54) is 0 Å². The summed E-state index contributed by atoms with van der Waals surface area (Å²) in [6.45, 7) is 2.12. The Labute approximate surface area is 128 Å². The van der Waals surface area contributed by atoms with Gasteiger partial charge in [0.15, 0.2) is 0 Å². The zero-order valence-electron chi connectivity index (χ0n) is 11.2. The molecule has 0 bridgehead atoms. The molecule has 0 aliphatic carbocycles. The summed E-state index contributed by atoms with van der Waals surface area (Å²) >= 11 is 0. The summed E-state index contributed by atoms with van der Waals surface area (Å²) in [6.07, 6.45) is -6.98. The molecule has 0 saturated heterocycles. The largest absolute Gasteiger partial charge is 0.460 e. The summed E-state index contributed by atoms with van der Waals surface area (Å²) in [5.74, 6) is -23.4. The second-order valence-electron chi connectivity index (χ2n) is 4.36. The molecule has 0 aliphatic rings. The molecule has 0 aliphatic heterocycles. The van der Waals surface area contributed by atoms with Crippen molar-refractivity contribution in [2.75, 3.05) is 0 Å². The van der Waals surface area contributed by atoms with Gasteiger partial charge in [-0.15, -0.1) is 12.4 Å². The Morgan fingerprint density at radius 3 is 1.70 bits per heavy atom. The van der Waals surface area contributed by atoms with Crippen LogP contribution in [0.5, 0.6) is 0 Å². The van der Waals surface area contributed by atoms with Crippen LogP contribution in [-0.4, -0.2) is 39.6 Å². The molecule has 1 aromatic rings. The van der Waals surface area contributed by atoms with Crippen LogP contribution in [0, 0.1) is 13.8 Å². The smallest absolute Gasteiger partial charge is 0.265 e. The van der Waals surface area contributed by atoms with Gasteiger partial charge < -0.3 is 0 Å². The second kappa shape index (κ2) is 5.87. The minimum absolute atomic E-state index is 0. The molecule has 1 aromatic heterocycles. The molecule has 1 heterocycles. The molecule has 134 valence electrons. The number of nitrogens with zero attached hydrogens (tertiary/aromatic N) is 2. The van der Waals surface area contributed by atoms with Gasteiger partial charge >= 0.3 is 29.9 Å². The number of rotatable bonds is 3. The molecule has 13 heteroatoms. The van der Waals surface area contributed by atoms with Crippen LogP contribution in [0.2, 0.25) is 0 Å². The van der Waals surface area contributed by atoms with Crippen LogP contribution in [0.4, 0.5) is 39.5 Å². The number of hydrogen-bond acceptors (Lipinski definition) is 2. The van der Waals surface area contributed by atoms with E-state index in [9.17, 15) is 44.3 Å². The molecular formula is C10H8ClF9N2O. The summed E-state index contributed by atoms with van der Waals surface area (Å²) in [4.78, 5) is 11.3. The molecule has 0 spiro atoms. The third kappa shape index (κ3) is 3.12. The highest BCUT2D eigenvalue weighted by Crippen LogP contribution is 2.53. The molecule has 0 radical (unpaired) electrons. The van der Waals surface area contributed by atoms with E-state index in [1.54, 1.807) is 0 Å². The highest BCUT2D eigenvalue weighted by Gasteiger charge is 2.84. The van der Waals surface area contributed by atoms with E-state index in [-0.39, 0.29) is 22.8 Å². The lowest BCUT2D eigenvalue weighted by Gasteiger charge is -2.32. The summed E-state index contributed by atoms with van der Waals surface area (Å²) in [7, 11) is 0. The number of alkyl halides is 9. The van der Waals surface area contributed by atoms with Gasteiger partial charge in [0.05, 0.1) is 5.69 Å². The van der Waals surface area contributed by atoms with Crippen molar-refractivity contribution in [3.8, 4) is 0 Å². The Balaban J connectivity index is 0.00000484. The third-order valence-electron chi connectivity index (χ3n) is 2.62. The Morgan fingerprint density at radius 2 is 1.39 bits per heavy atom. The van der Waals surface area contributed by atoms with Crippen molar-refractivity contribution in [3.63, 3.8) is 0 Å². The van der Waals surface area contributed by atoms with Crippen molar-refractivity contribution in [1.82, 2.24) is 9.78 Å². The van der Waals surface area contributed by atoms with E-state index < -0.39 is 35.5 Å². The van der Waals surface area contributed by atoms with Crippen LogP contribution < -0.4 is 0 Å². The second-order valence-corrected chi connectivity index (χ2v) is 4.36. The van der Waals surface area contributed by atoms with Crippen molar-refractivity contribution in [3.05, 3.63) is 17.5 Å². The molecule has 23 heavy (non-hydrogen) atoms. The van der Waals surface area contributed by atoms with Gasteiger partial charge in [0.1, 0.15) is 0 Å². The van der Waals surface area contributed by atoms with Gasteiger partial charge in [-0.1, -0.05) is 0 Å². The molecule has 0 unspecified atom stereocenters. The first kappa shape index (κ1) is 21.5. The maximum Gasteiger partial charge on any atom is 0.460 e. The molecule has 0 aromatic carbocycles. The van der Waals surface area contributed by atoms with E-state index in [0.717, 1.165) is 19.9 Å². The Bertz CT molecular complexity index is 594. The fourth-order valence-corrected chi connectivity index (χ4v) is 1.48. The monoisotopic (exact) mass is 378 g/mol. The Hall–Kier alpha value is -1.46. The van der Waals surface area contributed by atoms with E-state index in [2.05, 4.69) is 5.10 Å². The normalized spacial score (nSPS) is 13.7. The minimum atomic E-state index is -7.12. The lowest BCUT2D eigenvalue weighted by Crippen LogP contribution is -2.64. The Morgan fingerprint density at radius 1 is 0.957 bits per heavy atom. The lowest BCUT2D eigenvalue weighted by molar-refractivity contribution is -0.386. The van der Waals surface area contributed by atoms with Crippen molar-refractivity contribution in [2.24, 2.45) is 0 Å². The van der Waals surface area contributed by atoms with Crippen molar-refractivity contribution >= 4 is 18.3 Å². The first-order valence-electron chi connectivity index (χ1n) is 5.35. The lowest BCUT2D eigenvalue weighted by atomic mass is 10.0. The van der Waals surface area contributed by atoms with Crippen molar-refractivity contribution < 1.29 is 44.3 Å². The average Bonchev–Trinajstić information content (AvgIpc) is 2.65. The number of aromatic nitrogens is 2. The molecule has 3 nitrogen and oxygen atoms in total. The Kier molecular flexibility index (Phi) is 5.50. The first-order chi connectivity index (χ1) is 9.57. The predicted octanol–water partition coefficient (Wildman–Crippen LogP) is 4.03. The predicted molar refractivity (Wildman–Crippen MR) is 60.5 cm³/mol. The van der Waals surface area contributed by atoms with Gasteiger partial charge in [0.2, 0.25) is 0 Å². The van der Waals surface area contributed by atoms with E-state index >= 15 is 0 Å². The molecule has 0 N–H and O–H groups in total. The van der Waals surface area contributed by atoms with Gasteiger partial charge in [-0.05, 0) is 19.9 Å². The standard InChI is InChI=1S/C10H7F9N2O.ClH/c1-4-3-5(2)21(20-4)6(22)7(11,12)8(13,14)9(15,16)10(17,18)19;/h3H,1-2H3;1H. The van der Waals surface area contributed by atoms with E-state index in [0.29, 0.717) is 0 Å². The number of halogens is 10. The summed E-state index contributed by atoms with van der Waals surface area (Å²) < 4.78 is 114. The third-order valence-corrected chi connectivity index (χ3v) is 2.62. The first-order valence-corrected chi connectivity index (χ1v) is 5.35. The molecule has 0 atom stereocenters. The van der Waals surface area contributed by atoms with Crippen molar-refractivity contribution in [2.45, 2.75) is 37.8 Å². The average molecular weight is 379 g/mol. The molecule has 0 saturated carbocycles. The van der Waals surface area contributed by atoms with Crippen LogP contribution in [-0.2, 0) is 0 Å². The summed E-state index contributed by atoms with van der Waals surface area (Å²) in [6, 6.07) is 0.966. The highest BCUT2D eigenvalue weighted by atomic mass is 35.5. The van der Waals surface area contributed by atoms with Gasteiger partial charge in [0.25, 0.3) is 0 Å². The number of carbonyl (C=O) groups excluding carboxylic acids is 1. The fraction of sp³-hybridized carbons (Fsp3) is 0.600. The molecular weight excluding hydrogens is 371 g/mol. The van der Waals surface area contributed by atoms with Crippen LogP contribution in [0.15, 0.2) is 6.07 Å². The van der Waals surface area contributed by atoms with E-state index in [4.69, 9.17) is 0 Å². The molecule has 0 amide bonds. The molecule has 1 rings (SSSR count). The highest BCUT2D eigenvalue weighted by molar-refractivity contribution is 5.87. The SMILES string of the molecule is Cc1cc(C)n(C(=O)C(F)(F)C(F)(F)C(F)(F)C(F)(F)F)n1.Cl. The van der Waals surface area contributed by atoms with Crippen LogP contribution >= 0.6 is 12.4 Å². The van der Waals surface area contributed by atoms with E-state index in [1.807, 2.05) is 0 Å². The van der Waals surface area contributed by atoms with Crippen molar-refractivity contribution in [1.29, 1.82) is 0 Å².